The molecule has 7 heteroatoms. The van der Waals surface area contributed by atoms with Crippen LogP contribution in [0.2, 0.25) is 0 Å². The van der Waals surface area contributed by atoms with Gasteiger partial charge in [-0.1, -0.05) is 6.07 Å². The largest absolute Gasteiger partial charge is 0.505 e. The summed E-state index contributed by atoms with van der Waals surface area (Å²) in [5.74, 6) is -0.303. The van der Waals surface area contributed by atoms with Crippen LogP contribution >= 0.6 is 0 Å². The van der Waals surface area contributed by atoms with Crippen LogP contribution in [0.25, 0.3) is 0 Å². The highest BCUT2D eigenvalue weighted by Gasteiger charge is 2.04. The predicted octanol–water partition coefficient (Wildman–Crippen LogP) is 0.792. The van der Waals surface area contributed by atoms with Crippen LogP contribution in [0.3, 0.4) is 0 Å². The van der Waals surface area contributed by atoms with Gasteiger partial charge >= 0.3 is 6.03 Å². The Bertz CT molecular complexity index is 416. The zero-order chi connectivity index (χ0) is 11.3. The second kappa shape index (κ2) is 4.70. The van der Waals surface area contributed by atoms with Crippen molar-refractivity contribution >= 4 is 17.9 Å². The fourth-order valence-corrected chi connectivity index (χ4v) is 0.892. The van der Waals surface area contributed by atoms with Crippen molar-refractivity contribution < 1.29 is 9.90 Å². The molecule has 0 atom stereocenters. The highest BCUT2D eigenvalue weighted by molar-refractivity contribution is 5.87. The predicted molar refractivity (Wildman–Crippen MR) is 53.9 cm³/mol. The number of primary amides is 1. The molecule has 0 aliphatic carbocycles. The highest BCUT2D eigenvalue weighted by atomic mass is 16.3. The van der Waals surface area contributed by atoms with Gasteiger partial charge in [-0.15, -0.1) is 4.91 Å². The summed E-state index contributed by atoms with van der Waals surface area (Å²) in [5.41, 5.74) is 6.85. The van der Waals surface area contributed by atoms with E-state index in [1.807, 2.05) is 5.43 Å². The van der Waals surface area contributed by atoms with Gasteiger partial charge in [0.1, 0.15) is 5.69 Å². The Balaban J connectivity index is 2.90. The van der Waals surface area contributed by atoms with Gasteiger partial charge < -0.3 is 10.8 Å². The average Bonchev–Trinajstić information content (AvgIpc) is 2.20. The van der Waals surface area contributed by atoms with E-state index in [1.54, 1.807) is 0 Å². The number of urea groups is 1. The van der Waals surface area contributed by atoms with Gasteiger partial charge in [-0.3, -0.25) is 0 Å². The lowest BCUT2D eigenvalue weighted by molar-refractivity contribution is 0.249. The summed E-state index contributed by atoms with van der Waals surface area (Å²) >= 11 is 0. The Morgan fingerprint density at radius 3 is 2.87 bits per heavy atom. The van der Waals surface area contributed by atoms with E-state index in [0.717, 1.165) is 6.21 Å². The summed E-state index contributed by atoms with van der Waals surface area (Å²) in [4.78, 5) is 20.5. The van der Waals surface area contributed by atoms with E-state index < -0.39 is 6.03 Å². The van der Waals surface area contributed by atoms with E-state index in [2.05, 4.69) is 10.3 Å². The number of hydrazone groups is 1. The summed E-state index contributed by atoms with van der Waals surface area (Å²) < 4.78 is 0. The summed E-state index contributed by atoms with van der Waals surface area (Å²) in [7, 11) is 0. The van der Waals surface area contributed by atoms with E-state index in [0.29, 0.717) is 0 Å². The molecule has 1 aromatic rings. The number of amides is 2. The number of phenols is 1. The first kappa shape index (κ1) is 10.6. The van der Waals surface area contributed by atoms with Gasteiger partial charge in [0.05, 0.1) is 6.21 Å². The second-order valence-electron chi connectivity index (χ2n) is 2.54. The molecule has 78 valence electrons. The Morgan fingerprint density at radius 1 is 1.53 bits per heavy atom. The van der Waals surface area contributed by atoms with Crippen molar-refractivity contribution in [2.75, 3.05) is 0 Å². The molecule has 0 bridgehead atoms. The van der Waals surface area contributed by atoms with Crippen LogP contribution in [0.5, 0.6) is 5.75 Å². The van der Waals surface area contributed by atoms with Crippen LogP contribution in [-0.4, -0.2) is 17.4 Å². The third kappa shape index (κ3) is 2.76. The molecule has 0 saturated carbocycles. The van der Waals surface area contributed by atoms with Gasteiger partial charge in [-0.25, -0.2) is 10.2 Å². The number of nitrogens with two attached hydrogens (primary N) is 1. The number of hydrogen-bond acceptors (Lipinski definition) is 5. The van der Waals surface area contributed by atoms with E-state index in [9.17, 15) is 14.8 Å². The number of nitrogens with one attached hydrogen (secondary N) is 1. The fraction of sp³-hybridized carbons (Fsp3) is 0. The van der Waals surface area contributed by atoms with Gasteiger partial charge in [0.2, 0.25) is 0 Å². The number of carbonyl (C=O) groups excluding carboxylic acids is 1. The quantitative estimate of drug-likeness (QED) is 0.387. The van der Waals surface area contributed by atoms with Crippen molar-refractivity contribution in [3.63, 3.8) is 0 Å². The molecule has 0 saturated heterocycles. The minimum atomic E-state index is -0.824. The van der Waals surface area contributed by atoms with Crippen molar-refractivity contribution in [2.45, 2.75) is 0 Å². The van der Waals surface area contributed by atoms with E-state index in [4.69, 9.17) is 5.73 Å². The first-order chi connectivity index (χ1) is 7.15. The zero-order valence-electron chi connectivity index (χ0n) is 7.54. The molecule has 0 aromatic heterocycles. The number of para-hydroxylation sites is 1. The van der Waals surface area contributed by atoms with Crippen molar-refractivity contribution in [1.82, 2.24) is 5.43 Å². The maximum absolute atomic E-state index is 10.3. The van der Waals surface area contributed by atoms with Crippen LogP contribution in [0.15, 0.2) is 28.5 Å². The average molecular weight is 208 g/mol. The minimum Gasteiger partial charge on any atom is -0.505 e. The molecule has 0 radical (unpaired) electrons. The molecule has 0 aliphatic heterocycles. The lowest BCUT2D eigenvalue weighted by Crippen LogP contribution is -2.24. The summed E-state index contributed by atoms with van der Waals surface area (Å²) in [6, 6.07) is 3.54. The van der Waals surface area contributed by atoms with Gasteiger partial charge in [-0.05, 0) is 17.3 Å². The summed E-state index contributed by atoms with van der Waals surface area (Å²) in [6.45, 7) is 0. The van der Waals surface area contributed by atoms with E-state index >= 15 is 0 Å². The monoisotopic (exact) mass is 208 g/mol. The van der Waals surface area contributed by atoms with Crippen molar-refractivity contribution in [2.24, 2.45) is 16.0 Å². The standard InChI is InChI=1S/C8H8N4O3/c9-8(14)11-10-4-5-2-1-3-6(12-15)7(5)13/h1-4,13H,(H3,9,11,14)/b10-4+. The normalized spacial score (nSPS) is 10.1. The number of benzene rings is 1. The SMILES string of the molecule is NC(=O)N/N=C/c1cccc(N=O)c1O. The Morgan fingerprint density at radius 2 is 2.27 bits per heavy atom. The Labute approximate surface area is 84.6 Å². The molecule has 0 fully saturated rings. The lowest BCUT2D eigenvalue weighted by atomic mass is 10.2. The molecule has 1 rings (SSSR count). The molecule has 15 heavy (non-hydrogen) atoms. The van der Waals surface area contributed by atoms with Gasteiger partial charge in [-0.2, -0.15) is 5.10 Å². The van der Waals surface area contributed by atoms with E-state index in [1.165, 1.54) is 18.2 Å². The molecule has 0 unspecified atom stereocenters. The number of aromatic hydroxyl groups is 1. The molecule has 4 N–H and O–H groups in total. The number of carbonyl (C=O) groups is 1. The van der Waals surface area contributed by atoms with Gasteiger partial charge in [0.15, 0.2) is 5.75 Å². The summed E-state index contributed by atoms with van der Waals surface area (Å²) in [5, 5.41) is 15.4. The van der Waals surface area contributed by atoms with Crippen molar-refractivity contribution in [3.8, 4) is 5.75 Å². The number of phenolic OH excluding ortho intramolecular Hbond substituents is 1. The molecule has 7 nitrogen and oxygen atoms in total. The third-order valence-corrected chi connectivity index (χ3v) is 1.52. The molecular formula is C8H8N4O3. The number of hydrogen-bond donors (Lipinski definition) is 3. The van der Waals surface area contributed by atoms with Gasteiger partial charge in [0.25, 0.3) is 0 Å². The Hall–Kier alpha value is -2.44. The van der Waals surface area contributed by atoms with E-state index in [-0.39, 0.29) is 17.0 Å². The molecule has 2 amide bonds. The summed E-state index contributed by atoms with van der Waals surface area (Å²) in [6.07, 6.45) is 1.15. The molecule has 0 aliphatic rings. The lowest BCUT2D eigenvalue weighted by Gasteiger charge is -1.99. The van der Waals surface area contributed by atoms with Crippen molar-refractivity contribution in [1.29, 1.82) is 0 Å². The topological polar surface area (TPSA) is 117 Å². The second-order valence-corrected chi connectivity index (χ2v) is 2.54. The van der Waals surface area contributed by atoms with Crippen LogP contribution < -0.4 is 11.2 Å². The van der Waals surface area contributed by atoms with Crippen LogP contribution in [0.1, 0.15) is 5.56 Å². The zero-order valence-corrected chi connectivity index (χ0v) is 7.54. The third-order valence-electron chi connectivity index (χ3n) is 1.52. The molecule has 0 spiro atoms. The maximum atomic E-state index is 10.3. The van der Waals surface area contributed by atoms with Crippen LogP contribution in [-0.2, 0) is 0 Å². The number of nitrogens with zero attached hydrogens (tertiary/aromatic N) is 2. The maximum Gasteiger partial charge on any atom is 0.332 e. The fourth-order valence-electron chi connectivity index (χ4n) is 0.892. The number of nitroso groups, excluding NO2 is 1. The van der Waals surface area contributed by atoms with Crippen LogP contribution in [0.4, 0.5) is 10.5 Å². The smallest absolute Gasteiger partial charge is 0.332 e. The van der Waals surface area contributed by atoms with Crippen molar-refractivity contribution in [3.05, 3.63) is 28.7 Å². The molecule has 0 heterocycles. The molecular weight excluding hydrogens is 200 g/mol. The minimum absolute atomic E-state index is 0.0991. The van der Waals surface area contributed by atoms with Gasteiger partial charge in [0, 0.05) is 5.56 Å². The first-order valence-electron chi connectivity index (χ1n) is 3.89. The first-order valence-corrected chi connectivity index (χ1v) is 3.89. The number of rotatable bonds is 3. The Kier molecular flexibility index (Phi) is 3.33. The van der Waals surface area contributed by atoms with Crippen LogP contribution in [0, 0.1) is 4.91 Å². The highest BCUT2D eigenvalue weighted by Crippen LogP contribution is 2.28. The molecule has 1 aromatic carbocycles.